The van der Waals surface area contributed by atoms with Crippen LogP contribution in [0.15, 0.2) is 29.4 Å². The second-order valence-electron chi connectivity index (χ2n) is 4.64. The van der Waals surface area contributed by atoms with Gasteiger partial charge < -0.3 is 4.74 Å². The van der Waals surface area contributed by atoms with Crippen molar-refractivity contribution in [2.75, 3.05) is 25.5 Å². The van der Waals surface area contributed by atoms with Gasteiger partial charge in [-0.05, 0) is 18.6 Å². The van der Waals surface area contributed by atoms with E-state index in [1.807, 2.05) is 11.8 Å². The molecule has 19 heavy (non-hydrogen) atoms. The third-order valence-corrected chi connectivity index (χ3v) is 6.73. The summed E-state index contributed by atoms with van der Waals surface area (Å²) in [5.41, 5.74) is 0. The zero-order valence-electron chi connectivity index (χ0n) is 10.4. The van der Waals surface area contributed by atoms with E-state index in [0.29, 0.717) is 19.8 Å². The second kappa shape index (κ2) is 5.40. The van der Waals surface area contributed by atoms with E-state index >= 15 is 0 Å². The topological polar surface area (TPSA) is 59.5 Å². The molecule has 0 unspecified atom stereocenters. The van der Waals surface area contributed by atoms with E-state index in [0.717, 1.165) is 12.2 Å². The average Bonchev–Trinajstić information content (AvgIpc) is 2.47. The van der Waals surface area contributed by atoms with E-state index in [2.05, 4.69) is 4.98 Å². The van der Waals surface area contributed by atoms with Crippen LogP contribution in [0.1, 0.15) is 6.42 Å². The van der Waals surface area contributed by atoms with Crippen molar-refractivity contribution in [1.29, 1.82) is 0 Å². The van der Waals surface area contributed by atoms with Crippen LogP contribution in [-0.4, -0.2) is 54.5 Å². The van der Waals surface area contributed by atoms with Crippen molar-refractivity contribution < 1.29 is 13.2 Å². The van der Waals surface area contributed by atoms with E-state index in [4.69, 9.17) is 4.74 Å². The number of rotatable bonds is 2. The molecule has 0 bridgehead atoms. The predicted molar refractivity (Wildman–Crippen MR) is 73.6 cm³/mol. The molecule has 5 nitrogen and oxygen atoms in total. The highest BCUT2D eigenvalue weighted by Crippen LogP contribution is 2.33. The minimum Gasteiger partial charge on any atom is -0.380 e. The first-order valence-corrected chi connectivity index (χ1v) is 8.80. The second-order valence-corrected chi connectivity index (χ2v) is 7.88. The monoisotopic (exact) mass is 300 g/mol. The van der Waals surface area contributed by atoms with Gasteiger partial charge in [-0.1, -0.05) is 0 Å². The molecule has 7 heteroatoms. The molecule has 0 radical (unpaired) electrons. The van der Waals surface area contributed by atoms with E-state index in [-0.39, 0.29) is 16.2 Å². The molecule has 0 spiro atoms. The Hall–Kier alpha value is -0.630. The van der Waals surface area contributed by atoms with Crippen molar-refractivity contribution in [2.24, 2.45) is 0 Å². The number of hydrogen-bond donors (Lipinski definition) is 0. The molecule has 2 aliphatic rings. The van der Waals surface area contributed by atoms with Crippen molar-refractivity contribution in [3.8, 4) is 0 Å². The van der Waals surface area contributed by atoms with Crippen molar-refractivity contribution in [3.63, 3.8) is 0 Å². The Bertz CT molecular complexity index is 533. The summed E-state index contributed by atoms with van der Waals surface area (Å²) in [6.07, 6.45) is 3.78. The molecule has 2 saturated heterocycles. The first-order valence-electron chi connectivity index (χ1n) is 6.31. The number of aromatic nitrogens is 1. The Morgan fingerprint density at radius 3 is 3.16 bits per heavy atom. The quantitative estimate of drug-likeness (QED) is 0.815. The van der Waals surface area contributed by atoms with Crippen LogP contribution in [-0.2, 0) is 14.8 Å². The first kappa shape index (κ1) is 13.4. The van der Waals surface area contributed by atoms with Gasteiger partial charge in [-0.3, -0.25) is 4.98 Å². The Balaban J connectivity index is 1.91. The number of pyridine rings is 1. The zero-order valence-corrected chi connectivity index (χ0v) is 12.1. The van der Waals surface area contributed by atoms with Gasteiger partial charge >= 0.3 is 0 Å². The van der Waals surface area contributed by atoms with E-state index < -0.39 is 10.0 Å². The average molecular weight is 300 g/mol. The van der Waals surface area contributed by atoms with Gasteiger partial charge in [0.2, 0.25) is 10.0 Å². The summed E-state index contributed by atoms with van der Waals surface area (Å²) in [6, 6.07) is 3.32. The molecule has 0 aliphatic carbocycles. The third kappa shape index (κ3) is 2.52. The van der Waals surface area contributed by atoms with Crippen molar-refractivity contribution >= 4 is 21.8 Å². The summed E-state index contributed by atoms with van der Waals surface area (Å²) >= 11 is 1.82. The van der Waals surface area contributed by atoms with Crippen molar-refractivity contribution in [2.45, 2.75) is 22.6 Å². The largest absolute Gasteiger partial charge is 0.380 e. The molecule has 0 amide bonds. The van der Waals surface area contributed by atoms with E-state index in [1.54, 1.807) is 22.6 Å². The molecule has 0 N–H and O–H groups in total. The summed E-state index contributed by atoms with van der Waals surface area (Å²) < 4.78 is 32.5. The Morgan fingerprint density at radius 1 is 1.47 bits per heavy atom. The van der Waals surface area contributed by atoms with Crippen LogP contribution in [0, 0.1) is 0 Å². The van der Waals surface area contributed by atoms with Crippen molar-refractivity contribution in [1.82, 2.24) is 9.29 Å². The number of fused-ring (bicyclic) bond motifs is 1. The number of sulfonamides is 1. The fourth-order valence-electron chi connectivity index (χ4n) is 2.58. The molecule has 0 aromatic carbocycles. The van der Waals surface area contributed by atoms with Crippen LogP contribution in [0.2, 0.25) is 0 Å². The maximum atomic E-state index is 12.7. The van der Waals surface area contributed by atoms with Gasteiger partial charge in [0.15, 0.2) is 0 Å². The van der Waals surface area contributed by atoms with Gasteiger partial charge in [-0.15, -0.1) is 0 Å². The Morgan fingerprint density at radius 2 is 2.37 bits per heavy atom. The molecule has 3 heterocycles. The summed E-state index contributed by atoms with van der Waals surface area (Å²) in [4.78, 5) is 4.20. The molecular formula is C12H16N2O3S2. The molecule has 0 saturated carbocycles. The van der Waals surface area contributed by atoms with Gasteiger partial charge in [0.1, 0.15) is 4.90 Å². The minimum atomic E-state index is -3.43. The fourth-order valence-corrected chi connectivity index (χ4v) is 5.73. The summed E-state index contributed by atoms with van der Waals surface area (Å²) in [5.74, 6) is 0.823. The normalized spacial score (nSPS) is 28.8. The van der Waals surface area contributed by atoms with Gasteiger partial charge in [0, 0.05) is 42.6 Å². The maximum absolute atomic E-state index is 12.7. The number of ether oxygens (including phenoxy) is 1. The lowest BCUT2D eigenvalue weighted by Gasteiger charge is -2.42. The summed E-state index contributed by atoms with van der Waals surface area (Å²) in [5, 5.41) is 0.258. The molecule has 1 aromatic heterocycles. The molecule has 1 aromatic rings. The van der Waals surface area contributed by atoms with Crippen LogP contribution < -0.4 is 0 Å². The van der Waals surface area contributed by atoms with Gasteiger partial charge in [0.25, 0.3) is 0 Å². The van der Waals surface area contributed by atoms with Gasteiger partial charge in [-0.2, -0.15) is 16.1 Å². The maximum Gasteiger partial charge on any atom is 0.244 e. The highest BCUT2D eigenvalue weighted by molar-refractivity contribution is 8.00. The van der Waals surface area contributed by atoms with Gasteiger partial charge in [-0.25, -0.2) is 8.42 Å². The van der Waals surface area contributed by atoms with Crippen LogP contribution in [0.25, 0.3) is 0 Å². The SMILES string of the molecule is O=S(=O)(c1cccnc1)N1CCS[C@@H]2COCC[C@@H]21. The molecular weight excluding hydrogens is 284 g/mol. The highest BCUT2D eigenvalue weighted by Gasteiger charge is 2.40. The summed E-state index contributed by atoms with van der Waals surface area (Å²) in [6.45, 7) is 1.86. The number of nitrogens with zero attached hydrogens (tertiary/aromatic N) is 2. The van der Waals surface area contributed by atoms with Crippen LogP contribution in [0.3, 0.4) is 0 Å². The smallest absolute Gasteiger partial charge is 0.244 e. The van der Waals surface area contributed by atoms with Crippen molar-refractivity contribution in [3.05, 3.63) is 24.5 Å². The van der Waals surface area contributed by atoms with Gasteiger partial charge in [0.05, 0.1) is 6.61 Å². The lowest BCUT2D eigenvalue weighted by atomic mass is 10.1. The molecule has 2 fully saturated rings. The fraction of sp³-hybridized carbons (Fsp3) is 0.583. The molecule has 3 rings (SSSR count). The first-order chi connectivity index (χ1) is 9.19. The van der Waals surface area contributed by atoms with E-state index in [9.17, 15) is 8.42 Å². The minimum absolute atomic E-state index is 0.0534. The number of thioether (sulfide) groups is 1. The Labute approximate surface area is 117 Å². The zero-order chi connectivity index (χ0) is 13.3. The summed E-state index contributed by atoms with van der Waals surface area (Å²) in [7, 11) is -3.43. The number of hydrogen-bond acceptors (Lipinski definition) is 5. The lowest BCUT2D eigenvalue weighted by Crippen LogP contribution is -2.54. The standard InChI is InChI=1S/C12H16N2O3S2/c15-19(16,10-2-1-4-13-8-10)14-5-7-18-12-9-17-6-3-11(12)14/h1-2,4,8,11-12H,3,5-7,9H2/t11-,12+/m0/s1. The Kier molecular flexibility index (Phi) is 3.79. The van der Waals surface area contributed by atoms with Crippen LogP contribution in [0.4, 0.5) is 0 Å². The van der Waals surface area contributed by atoms with E-state index in [1.165, 1.54) is 6.20 Å². The van der Waals surface area contributed by atoms with Crippen LogP contribution >= 0.6 is 11.8 Å². The highest BCUT2D eigenvalue weighted by atomic mass is 32.2. The molecule has 2 atom stereocenters. The predicted octanol–water partition coefficient (Wildman–Crippen LogP) is 0.977. The van der Waals surface area contributed by atoms with Crippen LogP contribution in [0.5, 0.6) is 0 Å². The molecule has 2 aliphatic heterocycles. The lowest BCUT2D eigenvalue weighted by molar-refractivity contribution is 0.0625. The third-order valence-electron chi connectivity index (χ3n) is 3.52. The molecule has 104 valence electrons.